The first-order valence-electron chi connectivity index (χ1n) is 4.56. The Bertz CT molecular complexity index is 98.5. The summed E-state index contributed by atoms with van der Waals surface area (Å²) in [6.45, 7) is 4.74. The van der Waals surface area contributed by atoms with Crippen molar-refractivity contribution in [2.24, 2.45) is 5.92 Å². The van der Waals surface area contributed by atoms with Crippen molar-refractivity contribution < 1.29 is 5.11 Å². The number of hydrogen-bond acceptors (Lipinski definition) is 3. The molecule has 0 aromatic carbocycles. The van der Waals surface area contributed by atoms with Crippen LogP contribution in [0.3, 0.4) is 0 Å². The Labute approximate surface area is 80.1 Å². The molecule has 1 unspecified atom stereocenters. The van der Waals surface area contributed by atoms with Crippen molar-refractivity contribution in [1.29, 1.82) is 0 Å². The van der Waals surface area contributed by atoms with Gasteiger partial charge in [0.1, 0.15) is 0 Å². The average molecular weight is 191 g/mol. The van der Waals surface area contributed by atoms with Gasteiger partial charge >= 0.3 is 0 Å². The maximum atomic E-state index is 8.73. The molecule has 1 atom stereocenters. The van der Waals surface area contributed by atoms with Gasteiger partial charge in [-0.1, -0.05) is 13.8 Å². The monoisotopic (exact) mass is 191 g/mol. The van der Waals surface area contributed by atoms with E-state index in [0.29, 0.717) is 6.04 Å². The average Bonchev–Trinajstić information content (AvgIpc) is 2.02. The van der Waals surface area contributed by atoms with Crippen LogP contribution < -0.4 is 5.32 Å². The number of nitrogens with one attached hydrogen (secondary N) is 1. The van der Waals surface area contributed by atoms with E-state index in [0.717, 1.165) is 18.1 Å². The summed E-state index contributed by atoms with van der Waals surface area (Å²) in [6.07, 6.45) is 0.863. The highest BCUT2D eigenvalue weighted by Gasteiger charge is 2.05. The molecule has 0 saturated heterocycles. The summed E-state index contributed by atoms with van der Waals surface area (Å²) in [5.74, 6) is 3.08. The standard InChI is InChI=1S/C9H21NOS/c1-8(2)6-12-7-9(10-3)4-5-11/h8-11H,4-7H2,1-3H3. The van der Waals surface area contributed by atoms with Crippen molar-refractivity contribution in [2.45, 2.75) is 26.3 Å². The third-order valence-electron chi connectivity index (χ3n) is 1.66. The SMILES string of the molecule is CNC(CCO)CSCC(C)C. The molecule has 0 fully saturated rings. The maximum Gasteiger partial charge on any atom is 0.0446 e. The third kappa shape index (κ3) is 6.95. The molecule has 0 heterocycles. The lowest BCUT2D eigenvalue weighted by atomic mass is 10.2. The highest BCUT2D eigenvalue weighted by molar-refractivity contribution is 7.99. The van der Waals surface area contributed by atoms with Gasteiger partial charge in [0.15, 0.2) is 0 Å². The van der Waals surface area contributed by atoms with Crippen LogP contribution in [0.15, 0.2) is 0 Å². The summed E-state index contributed by atoms with van der Waals surface area (Å²) in [6, 6.07) is 0.471. The molecule has 2 N–H and O–H groups in total. The minimum Gasteiger partial charge on any atom is -0.396 e. The van der Waals surface area contributed by atoms with Gasteiger partial charge in [0.2, 0.25) is 0 Å². The Balaban J connectivity index is 3.31. The fourth-order valence-corrected chi connectivity index (χ4v) is 2.14. The molecule has 0 spiro atoms. The normalized spacial score (nSPS) is 13.8. The van der Waals surface area contributed by atoms with Crippen LogP contribution >= 0.6 is 11.8 Å². The number of hydrogen-bond donors (Lipinski definition) is 2. The molecule has 0 saturated carbocycles. The molecule has 3 heteroatoms. The van der Waals surface area contributed by atoms with E-state index < -0.39 is 0 Å². The summed E-state index contributed by atoms with van der Waals surface area (Å²) in [5.41, 5.74) is 0. The second kappa shape index (κ2) is 7.90. The van der Waals surface area contributed by atoms with Crippen LogP contribution in [0, 0.1) is 5.92 Å². The number of aliphatic hydroxyl groups is 1. The molecule has 0 radical (unpaired) electrons. The van der Waals surface area contributed by atoms with E-state index in [9.17, 15) is 0 Å². The van der Waals surface area contributed by atoms with Crippen molar-refractivity contribution in [1.82, 2.24) is 5.32 Å². The highest BCUT2D eigenvalue weighted by Crippen LogP contribution is 2.09. The van der Waals surface area contributed by atoms with Crippen LogP contribution in [0.25, 0.3) is 0 Å². The molecule has 0 amide bonds. The van der Waals surface area contributed by atoms with Gasteiger partial charge in [0, 0.05) is 18.4 Å². The summed E-state index contributed by atoms with van der Waals surface area (Å²) >= 11 is 1.96. The zero-order valence-electron chi connectivity index (χ0n) is 8.34. The quantitative estimate of drug-likeness (QED) is 0.637. The van der Waals surface area contributed by atoms with Gasteiger partial charge < -0.3 is 10.4 Å². The fraction of sp³-hybridized carbons (Fsp3) is 1.00. The van der Waals surface area contributed by atoms with Gasteiger partial charge in [-0.3, -0.25) is 0 Å². The lowest BCUT2D eigenvalue weighted by Gasteiger charge is -2.14. The molecule has 74 valence electrons. The zero-order valence-corrected chi connectivity index (χ0v) is 9.16. The van der Waals surface area contributed by atoms with Gasteiger partial charge in [-0.05, 0) is 25.1 Å². The minimum absolute atomic E-state index is 0.285. The van der Waals surface area contributed by atoms with E-state index in [1.807, 2.05) is 18.8 Å². The Hall–Kier alpha value is 0.270. The third-order valence-corrected chi connectivity index (χ3v) is 3.20. The van der Waals surface area contributed by atoms with Crippen molar-refractivity contribution in [3.63, 3.8) is 0 Å². The van der Waals surface area contributed by atoms with Crippen LogP contribution in [0.4, 0.5) is 0 Å². The Morgan fingerprint density at radius 3 is 2.42 bits per heavy atom. The molecule has 0 aliphatic heterocycles. The number of thioether (sulfide) groups is 1. The molecule has 0 aliphatic rings. The first-order valence-corrected chi connectivity index (χ1v) is 5.72. The molecule has 2 nitrogen and oxygen atoms in total. The summed E-state index contributed by atoms with van der Waals surface area (Å²) in [5, 5.41) is 11.9. The molecule has 0 bridgehead atoms. The predicted octanol–water partition coefficient (Wildman–Crippen LogP) is 1.35. The number of rotatable bonds is 7. The molecule has 0 aromatic heterocycles. The Morgan fingerprint density at radius 1 is 1.33 bits per heavy atom. The lowest BCUT2D eigenvalue weighted by Crippen LogP contribution is -2.29. The van der Waals surface area contributed by atoms with Crippen LogP contribution in [-0.2, 0) is 0 Å². The molecule has 0 aromatic rings. The first kappa shape index (κ1) is 12.3. The van der Waals surface area contributed by atoms with E-state index in [-0.39, 0.29) is 6.61 Å². The summed E-state index contributed by atoms with van der Waals surface area (Å²) in [4.78, 5) is 0. The molecule has 0 aliphatic carbocycles. The van der Waals surface area contributed by atoms with E-state index in [1.165, 1.54) is 5.75 Å². The maximum absolute atomic E-state index is 8.73. The topological polar surface area (TPSA) is 32.3 Å². The second-order valence-corrected chi connectivity index (χ2v) is 4.50. The van der Waals surface area contributed by atoms with Crippen LogP contribution in [0.2, 0.25) is 0 Å². The van der Waals surface area contributed by atoms with Crippen molar-refractivity contribution in [3.8, 4) is 0 Å². The van der Waals surface area contributed by atoms with Crippen LogP contribution in [0.1, 0.15) is 20.3 Å². The molecule has 0 rings (SSSR count). The summed E-state index contributed by atoms with van der Waals surface area (Å²) < 4.78 is 0. The van der Waals surface area contributed by atoms with E-state index >= 15 is 0 Å². The Kier molecular flexibility index (Phi) is 8.07. The smallest absolute Gasteiger partial charge is 0.0446 e. The fourth-order valence-electron chi connectivity index (χ4n) is 0.913. The van der Waals surface area contributed by atoms with E-state index in [2.05, 4.69) is 19.2 Å². The van der Waals surface area contributed by atoms with E-state index in [1.54, 1.807) is 0 Å². The second-order valence-electron chi connectivity index (χ2n) is 3.43. The van der Waals surface area contributed by atoms with Crippen LogP contribution in [-0.4, -0.2) is 36.3 Å². The van der Waals surface area contributed by atoms with Crippen LogP contribution in [0.5, 0.6) is 0 Å². The van der Waals surface area contributed by atoms with Gasteiger partial charge in [-0.15, -0.1) is 0 Å². The van der Waals surface area contributed by atoms with Gasteiger partial charge in [-0.2, -0.15) is 11.8 Å². The molecular weight excluding hydrogens is 170 g/mol. The molecule has 12 heavy (non-hydrogen) atoms. The predicted molar refractivity (Wildman–Crippen MR) is 56.7 cm³/mol. The van der Waals surface area contributed by atoms with Crippen molar-refractivity contribution in [2.75, 3.05) is 25.2 Å². The zero-order chi connectivity index (χ0) is 9.40. The number of aliphatic hydroxyl groups excluding tert-OH is 1. The first-order chi connectivity index (χ1) is 5.70. The van der Waals surface area contributed by atoms with Gasteiger partial charge in [-0.25, -0.2) is 0 Å². The minimum atomic E-state index is 0.285. The largest absolute Gasteiger partial charge is 0.396 e. The van der Waals surface area contributed by atoms with Gasteiger partial charge in [0.05, 0.1) is 0 Å². The Morgan fingerprint density at radius 2 is 2.00 bits per heavy atom. The summed E-state index contributed by atoms with van der Waals surface area (Å²) in [7, 11) is 1.95. The van der Waals surface area contributed by atoms with E-state index in [4.69, 9.17) is 5.11 Å². The van der Waals surface area contributed by atoms with Gasteiger partial charge in [0.25, 0.3) is 0 Å². The van der Waals surface area contributed by atoms with Crippen molar-refractivity contribution >= 4 is 11.8 Å². The highest BCUT2D eigenvalue weighted by atomic mass is 32.2. The molecular formula is C9H21NOS. The van der Waals surface area contributed by atoms with Crippen molar-refractivity contribution in [3.05, 3.63) is 0 Å². The lowest BCUT2D eigenvalue weighted by molar-refractivity contribution is 0.273.